The molecule has 1 saturated heterocycles. The van der Waals surface area contributed by atoms with Crippen molar-refractivity contribution in [3.05, 3.63) is 35.9 Å². The maximum absolute atomic E-state index is 3.81. The van der Waals surface area contributed by atoms with E-state index >= 15 is 0 Å². The Morgan fingerprint density at radius 2 is 1.95 bits per heavy atom. The fraction of sp³-hybridized carbons (Fsp3) is 0.684. The number of hydrogen-bond donors (Lipinski definition) is 1. The molecule has 1 aliphatic heterocycles. The molecule has 1 aliphatic carbocycles. The summed E-state index contributed by atoms with van der Waals surface area (Å²) in [5.41, 5.74) is 1.46. The van der Waals surface area contributed by atoms with Crippen molar-refractivity contribution in [2.75, 3.05) is 19.6 Å². The Morgan fingerprint density at radius 3 is 2.62 bits per heavy atom. The minimum absolute atomic E-state index is 0.620. The Hall–Kier alpha value is -0.860. The molecular weight excluding hydrogens is 256 g/mol. The van der Waals surface area contributed by atoms with E-state index in [9.17, 15) is 0 Å². The quantitative estimate of drug-likeness (QED) is 0.863. The predicted molar refractivity (Wildman–Crippen MR) is 89.5 cm³/mol. The summed E-state index contributed by atoms with van der Waals surface area (Å²) in [4.78, 5) is 2.79. The van der Waals surface area contributed by atoms with E-state index < -0.39 is 0 Å². The zero-order valence-electron chi connectivity index (χ0n) is 13.6. The van der Waals surface area contributed by atoms with Crippen molar-refractivity contribution in [3.8, 4) is 0 Å². The fourth-order valence-corrected chi connectivity index (χ4v) is 3.56. The average molecular weight is 286 g/mol. The first-order valence-electron chi connectivity index (χ1n) is 8.73. The second-order valence-electron chi connectivity index (χ2n) is 7.38. The molecule has 0 bridgehead atoms. The monoisotopic (exact) mass is 286 g/mol. The summed E-state index contributed by atoms with van der Waals surface area (Å²) in [5.74, 6) is 1.79. The van der Waals surface area contributed by atoms with E-state index in [1.165, 1.54) is 44.5 Å². The molecule has 21 heavy (non-hydrogen) atoms. The molecule has 1 aromatic carbocycles. The highest BCUT2D eigenvalue weighted by Crippen LogP contribution is 2.36. The van der Waals surface area contributed by atoms with Crippen molar-refractivity contribution in [1.29, 1.82) is 0 Å². The first kappa shape index (κ1) is 15.1. The molecule has 2 aliphatic rings. The summed E-state index contributed by atoms with van der Waals surface area (Å²) in [6, 6.07) is 12.4. The van der Waals surface area contributed by atoms with E-state index in [0.29, 0.717) is 6.04 Å². The van der Waals surface area contributed by atoms with E-state index in [4.69, 9.17) is 0 Å². The van der Waals surface area contributed by atoms with E-state index in [0.717, 1.165) is 24.3 Å². The van der Waals surface area contributed by atoms with Gasteiger partial charge in [-0.05, 0) is 49.6 Å². The molecule has 0 radical (unpaired) electrons. The second kappa shape index (κ2) is 6.93. The minimum atomic E-state index is 0.620. The van der Waals surface area contributed by atoms with Crippen molar-refractivity contribution in [2.45, 2.75) is 51.6 Å². The van der Waals surface area contributed by atoms with Crippen molar-refractivity contribution in [2.24, 2.45) is 11.8 Å². The van der Waals surface area contributed by atoms with Gasteiger partial charge in [0.15, 0.2) is 0 Å². The predicted octanol–water partition coefficient (Wildman–Crippen LogP) is 3.33. The van der Waals surface area contributed by atoms with Gasteiger partial charge in [-0.2, -0.15) is 0 Å². The Morgan fingerprint density at radius 1 is 1.19 bits per heavy atom. The Bertz CT molecular complexity index is 424. The summed E-state index contributed by atoms with van der Waals surface area (Å²) in [6.07, 6.45) is 5.40. The molecule has 1 N–H and O–H groups in total. The number of hydrogen-bond acceptors (Lipinski definition) is 2. The van der Waals surface area contributed by atoms with Crippen LogP contribution in [-0.4, -0.2) is 36.6 Å². The summed E-state index contributed by atoms with van der Waals surface area (Å²) in [5, 5.41) is 3.81. The smallest absolute Gasteiger partial charge is 0.0249 e. The Labute approximate surface area is 129 Å². The van der Waals surface area contributed by atoms with Crippen LogP contribution >= 0.6 is 0 Å². The molecule has 2 atom stereocenters. The van der Waals surface area contributed by atoms with Crippen molar-refractivity contribution >= 4 is 0 Å². The number of nitrogens with zero attached hydrogens (tertiary/aromatic N) is 1. The van der Waals surface area contributed by atoms with Gasteiger partial charge in [-0.25, -0.2) is 0 Å². The van der Waals surface area contributed by atoms with Gasteiger partial charge in [0.1, 0.15) is 0 Å². The lowest BCUT2D eigenvalue weighted by Crippen LogP contribution is -2.58. The maximum Gasteiger partial charge on any atom is 0.0249 e. The van der Waals surface area contributed by atoms with Gasteiger partial charge in [0.25, 0.3) is 0 Å². The van der Waals surface area contributed by atoms with Crippen molar-refractivity contribution in [3.63, 3.8) is 0 Å². The molecule has 3 rings (SSSR count). The van der Waals surface area contributed by atoms with Crippen LogP contribution in [0, 0.1) is 11.8 Å². The summed E-state index contributed by atoms with van der Waals surface area (Å²) < 4.78 is 0. The lowest BCUT2D eigenvalue weighted by Gasteiger charge is -2.41. The molecule has 2 heteroatoms. The number of piperazine rings is 1. The van der Waals surface area contributed by atoms with Crippen LogP contribution in [0.2, 0.25) is 0 Å². The molecular formula is C19H30N2. The van der Waals surface area contributed by atoms with Gasteiger partial charge in [0, 0.05) is 25.2 Å². The molecule has 0 spiro atoms. The molecule has 1 aromatic rings. The highest BCUT2D eigenvalue weighted by atomic mass is 15.2. The van der Waals surface area contributed by atoms with E-state index in [1.807, 2.05) is 0 Å². The van der Waals surface area contributed by atoms with Crippen LogP contribution in [0.5, 0.6) is 0 Å². The number of nitrogens with one attached hydrogen (secondary N) is 1. The van der Waals surface area contributed by atoms with Gasteiger partial charge in [-0.15, -0.1) is 0 Å². The first-order chi connectivity index (χ1) is 10.2. The zero-order chi connectivity index (χ0) is 14.7. The van der Waals surface area contributed by atoms with Gasteiger partial charge in [0.05, 0.1) is 0 Å². The van der Waals surface area contributed by atoms with Crippen LogP contribution in [-0.2, 0) is 6.42 Å². The molecule has 0 amide bonds. The summed E-state index contributed by atoms with van der Waals surface area (Å²) in [7, 11) is 0. The molecule has 116 valence electrons. The van der Waals surface area contributed by atoms with E-state index in [2.05, 4.69) is 54.4 Å². The number of benzene rings is 1. The zero-order valence-corrected chi connectivity index (χ0v) is 13.6. The third-order valence-electron chi connectivity index (χ3n) is 5.02. The molecule has 1 heterocycles. The highest BCUT2D eigenvalue weighted by molar-refractivity contribution is 5.16. The van der Waals surface area contributed by atoms with Crippen molar-refractivity contribution in [1.82, 2.24) is 10.2 Å². The summed E-state index contributed by atoms with van der Waals surface area (Å²) in [6.45, 7) is 8.39. The van der Waals surface area contributed by atoms with Crippen LogP contribution in [0.1, 0.15) is 38.7 Å². The largest absolute Gasteiger partial charge is 0.311 e. The molecule has 1 saturated carbocycles. The molecule has 2 nitrogen and oxygen atoms in total. The molecule has 2 unspecified atom stereocenters. The van der Waals surface area contributed by atoms with Gasteiger partial charge in [-0.3, -0.25) is 4.90 Å². The highest BCUT2D eigenvalue weighted by Gasteiger charge is 2.38. The third-order valence-corrected chi connectivity index (χ3v) is 5.02. The van der Waals surface area contributed by atoms with Gasteiger partial charge < -0.3 is 5.32 Å². The van der Waals surface area contributed by atoms with E-state index in [-0.39, 0.29) is 0 Å². The first-order valence-corrected chi connectivity index (χ1v) is 8.73. The lowest BCUT2D eigenvalue weighted by atomic mass is 9.98. The SMILES string of the molecule is CC(C)CCN1CC(Cc2ccccc2)NCC1C1CC1. The van der Waals surface area contributed by atoms with Gasteiger partial charge in [0.2, 0.25) is 0 Å². The van der Waals surface area contributed by atoms with Gasteiger partial charge >= 0.3 is 0 Å². The topological polar surface area (TPSA) is 15.3 Å². The third kappa shape index (κ3) is 4.31. The average Bonchev–Trinajstić information content (AvgIpc) is 3.31. The maximum atomic E-state index is 3.81. The van der Waals surface area contributed by atoms with E-state index in [1.54, 1.807) is 0 Å². The van der Waals surface area contributed by atoms with Gasteiger partial charge in [-0.1, -0.05) is 44.2 Å². The minimum Gasteiger partial charge on any atom is -0.311 e. The molecule has 2 fully saturated rings. The second-order valence-corrected chi connectivity index (χ2v) is 7.38. The number of rotatable bonds is 6. The van der Waals surface area contributed by atoms with Crippen LogP contribution in [0.4, 0.5) is 0 Å². The normalized spacial score (nSPS) is 27.2. The van der Waals surface area contributed by atoms with Crippen LogP contribution in [0.3, 0.4) is 0 Å². The lowest BCUT2D eigenvalue weighted by molar-refractivity contribution is 0.109. The Kier molecular flexibility index (Phi) is 4.97. The van der Waals surface area contributed by atoms with Crippen LogP contribution < -0.4 is 5.32 Å². The van der Waals surface area contributed by atoms with Crippen LogP contribution in [0.15, 0.2) is 30.3 Å². The van der Waals surface area contributed by atoms with Crippen molar-refractivity contribution < 1.29 is 0 Å². The van der Waals surface area contributed by atoms with Crippen LogP contribution in [0.25, 0.3) is 0 Å². The molecule has 0 aromatic heterocycles. The summed E-state index contributed by atoms with van der Waals surface area (Å²) >= 11 is 0. The Balaban J connectivity index is 1.58. The fourth-order valence-electron chi connectivity index (χ4n) is 3.56. The standard InChI is InChI=1S/C19H30N2/c1-15(2)10-11-21-14-18(12-16-6-4-3-5-7-16)20-13-19(21)17-8-9-17/h3-7,15,17-20H,8-14H2,1-2H3.